The predicted octanol–water partition coefficient (Wildman–Crippen LogP) is 10.2. The molecular weight excluding hydrogens is 512 g/mol. The Bertz CT molecular complexity index is 2070. The number of hydrogen-bond donors (Lipinski definition) is 1. The SMILES string of the molecule is C1=C(N(c2ccc(-c3ccccc3)cc2)c2ccc(-c3cccc4ccccc34)cc2)c2c(oc3ccccc23)CN1. The molecule has 200 valence electrons. The molecule has 1 N–H and O–H groups in total. The van der Waals surface area contributed by atoms with Crippen LogP contribution in [0.15, 0.2) is 156 Å². The first-order valence-corrected chi connectivity index (χ1v) is 14.3. The summed E-state index contributed by atoms with van der Waals surface area (Å²) in [4.78, 5) is 2.33. The van der Waals surface area contributed by atoms with Crippen molar-refractivity contribution in [3.8, 4) is 22.3 Å². The molecule has 8 rings (SSSR count). The molecule has 0 bridgehead atoms. The lowest BCUT2D eigenvalue weighted by atomic mass is 9.97. The highest BCUT2D eigenvalue weighted by Gasteiger charge is 2.26. The average Bonchev–Trinajstić information content (AvgIpc) is 3.45. The smallest absolute Gasteiger partial charge is 0.135 e. The summed E-state index contributed by atoms with van der Waals surface area (Å²) in [5.41, 5.74) is 10.1. The third-order valence-corrected chi connectivity index (χ3v) is 8.13. The van der Waals surface area contributed by atoms with Crippen molar-refractivity contribution in [1.29, 1.82) is 0 Å². The molecule has 0 aliphatic carbocycles. The normalized spacial score (nSPS) is 12.5. The van der Waals surface area contributed by atoms with E-state index in [1.54, 1.807) is 0 Å². The van der Waals surface area contributed by atoms with E-state index in [1.807, 2.05) is 12.1 Å². The number of fused-ring (bicyclic) bond motifs is 4. The van der Waals surface area contributed by atoms with E-state index < -0.39 is 0 Å². The Morgan fingerprint density at radius 3 is 1.93 bits per heavy atom. The zero-order chi connectivity index (χ0) is 27.9. The molecule has 1 aromatic heterocycles. The Labute approximate surface area is 245 Å². The topological polar surface area (TPSA) is 28.4 Å². The number of hydrogen-bond acceptors (Lipinski definition) is 3. The van der Waals surface area contributed by atoms with Gasteiger partial charge in [-0.25, -0.2) is 0 Å². The van der Waals surface area contributed by atoms with Crippen LogP contribution in [0.5, 0.6) is 0 Å². The van der Waals surface area contributed by atoms with Crippen molar-refractivity contribution in [3.63, 3.8) is 0 Å². The Kier molecular flexibility index (Phi) is 5.86. The van der Waals surface area contributed by atoms with Gasteiger partial charge in [0.1, 0.15) is 11.3 Å². The highest BCUT2D eigenvalue weighted by atomic mass is 16.3. The summed E-state index contributed by atoms with van der Waals surface area (Å²) in [6.07, 6.45) is 2.12. The molecule has 0 radical (unpaired) electrons. The predicted molar refractivity (Wildman–Crippen MR) is 174 cm³/mol. The average molecular weight is 541 g/mol. The number of benzene rings is 6. The fourth-order valence-corrected chi connectivity index (χ4v) is 6.12. The van der Waals surface area contributed by atoms with Crippen molar-refractivity contribution in [3.05, 3.63) is 163 Å². The number of nitrogens with one attached hydrogen (secondary N) is 1. The van der Waals surface area contributed by atoms with Crippen LogP contribution >= 0.6 is 0 Å². The Morgan fingerprint density at radius 2 is 1.14 bits per heavy atom. The molecule has 2 heterocycles. The number of rotatable bonds is 5. The van der Waals surface area contributed by atoms with Crippen molar-refractivity contribution in [1.82, 2.24) is 5.32 Å². The molecule has 0 saturated carbocycles. The van der Waals surface area contributed by atoms with Gasteiger partial charge in [0, 0.05) is 23.0 Å². The van der Waals surface area contributed by atoms with Crippen molar-refractivity contribution >= 4 is 38.8 Å². The van der Waals surface area contributed by atoms with Gasteiger partial charge in [-0.2, -0.15) is 0 Å². The molecule has 42 heavy (non-hydrogen) atoms. The lowest BCUT2D eigenvalue weighted by Crippen LogP contribution is -2.22. The maximum Gasteiger partial charge on any atom is 0.135 e. The van der Waals surface area contributed by atoms with Crippen LogP contribution in [0.2, 0.25) is 0 Å². The van der Waals surface area contributed by atoms with E-state index in [0.29, 0.717) is 6.54 Å². The molecule has 0 spiro atoms. The van der Waals surface area contributed by atoms with Crippen LogP contribution in [0.4, 0.5) is 11.4 Å². The van der Waals surface area contributed by atoms with E-state index in [-0.39, 0.29) is 0 Å². The van der Waals surface area contributed by atoms with Gasteiger partial charge in [0.2, 0.25) is 0 Å². The molecule has 6 aromatic carbocycles. The van der Waals surface area contributed by atoms with Crippen LogP contribution in [0.1, 0.15) is 11.3 Å². The van der Waals surface area contributed by atoms with E-state index in [0.717, 1.165) is 39.4 Å². The Balaban J connectivity index is 1.26. The number of nitrogens with zero attached hydrogens (tertiary/aromatic N) is 1. The maximum atomic E-state index is 6.31. The van der Waals surface area contributed by atoms with Gasteiger partial charge in [0.05, 0.1) is 17.8 Å². The zero-order valence-corrected chi connectivity index (χ0v) is 23.0. The molecule has 1 aliphatic heterocycles. The molecule has 0 unspecified atom stereocenters. The molecule has 0 fully saturated rings. The Hall–Kier alpha value is -5.54. The summed E-state index contributed by atoms with van der Waals surface area (Å²) in [5.74, 6) is 0.951. The standard InChI is InChI=1S/C39H28N2O/c1-2-9-27(10-3-1)28-17-21-31(22-18-28)41(36-25-40-26-38-39(36)35-14-6-7-16-37(35)42-38)32-23-19-30(20-24-32)34-15-8-12-29-11-4-5-13-33(29)34/h1-25,40H,26H2. The number of para-hydroxylation sites is 1. The van der Waals surface area contributed by atoms with E-state index in [4.69, 9.17) is 4.42 Å². The minimum absolute atomic E-state index is 0.661. The summed E-state index contributed by atoms with van der Waals surface area (Å²) in [7, 11) is 0. The monoisotopic (exact) mass is 540 g/mol. The molecule has 3 heteroatoms. The second-order valence-corrected chi connectivity index (χ2v) is 10.6. The molecule has 0 atom stereocenters. The van der Waals surface area contributed by atoms with Gasteiger partial charge in [0.25, 0.3) is 0 Å². The first-order chi connectivity index (χ1) is 20.8. The first-order valence-electron chi connectivity index (χ1n) is 14.3. The zero-order valence-electron chi connectivity index (χ0n) is 23.0. The minimum atomic E-state index is 0.661. The van der Waals surface area contributed by atoms with E-state index in [9.17, 15) is 0 Å². The van der Waals surface area contributed by atoms with E-state index in [1.165, 1.54) is 33.0 Å². The van der Waals surface area contributed by atoms with Gasteiger partial charge in [-0.1, -0.05) is 115 Å². The number of furan rings is 1. The molecule has 7 aromatic rings. The Morgan fingerprint density at radius 1 is 0.524 bits per heavy atom. The van der Waals surface area contributed by atoms with Crippen LogP contribution in [0.3, 0.4) is 0 Å². The van der Waals surface area contributed by atoms with Gasteiger partial charge in [0.15, 0.2) is 0 Å². The van der Waals surface area contributed by atoms with Gasteiger partial charge in [-0.05, 0) is 63.4 Å². The third-order valence-electron chi connectivity index (χ3n) is 8.13. The molecule has 1 aliphatic rings. The van der Waals surface area contributed by atoms with Crippen molar-refractivity contribution in [2.24, 2.45) is 0 Å². The minimum Gasteiger partial charge on any atom is -0.458 e. The second-order valence-electron chi connectivity index (χ2n) is 10.6. The summed E-state index contributed by atoms with van der Waals surface area (Å²) in [6.45, 7) is 0.661. The summed E-state index contributed by atoms with van der Waals surface area (Å²) >= 11 is 0. The molecule has 3 nitrogen and oxygen atoms in total. The van der Waals surface area contributed by atoms with Gasteiger partial charge < -0.3 is 14.6 Å². The van der Waals surface area contributed by atoms with Crippen molar-refractivity contribution in [2.45, 2.75) is 6.54 Å². The largest absolute Gasteiger partial charge is 0.458 e. The van der Waals surface area contributed by atoms with Crippen LogP contribution in [0.25, 0.3) is 49.7 Å². The van der Waals surface area contributed by atoms with E-state index in [2.05, 4.69) is 150 Å². The molecular formula is C39H28N2O. The molecule has 0 saturated heterocycles. The van der Waals surface area contributed by atoms with Crippen LogP contribution in [-0.2, 0) is 6.54 Å². The lowest BCUT2D eigenvalue weighted by molar-refractivity contribution is 0.531. The summed E-state index contributed by atoms with van der Waals surface area (Å²) < 4.78 is 6.31. The van der Waals surface area contributed by atoms with Crippen molar-refractivity contribution in [2.75, 3.05) is 4.90 Å². The van der Waals surface area contributed by atoms with Crippen molar-refractivity contribution < 1.29 is 4.42 Å². The summed E-state index contributed by atoms with van der Waals surface area (Å²) in [5, 5.41) is 7.10. The number of anilines is 2. The fraction of sp³-hybridized carbons (Fsp3) is 0.0256. The summed E-state index contributed by atoms with van der Waals surface area (Å²) in [6, 6.07) is 51.6. The van der Waals surface area contributed by atoms with Crippen LogP contribution in [-0.4, -0.2) is 0 Å². The van der Waals surface area contributed by atoms with Crippen LogP contribution in [0, 0.1) is 0 Å². The quantitative estimate of drug-likeness (QED) is 0.235. The highest BCUT2D eigenvalue weighted by Crippen LogP contribution is 2.42. The lowest BCUT2D eigenvalue weighted by Gasteiger charge is -2.30. The maximum absolute atomic E-state index is 6.31. The van der Waals surface area contributed by atoms with E-state index >= 15 is 0 Å². The highest BCUT2D eigenvalue weighted by molar-refractivity contribution is 6.01. The third kappa shape index (κ3) is 4.15. The van der Waals surface area contributed by atoms with Gasteiger partial charge in [-0.15, -0.1) is 0 Å². The van der Waals surface area contributed by atoms with Crippen LogP contribution < -0.4 is 10.2 Å². The second kappa shape index (κ2) is 10.1. The van der Waals surface area contributed by atoms with Gasteiger partial charge in [-0.3, -0.25) is 0 Å². The first kappa shape index (κ1) is 24.3. The fourth-order valence-electron chi connectivity index (χ4n) is 6.12. The molecule has 0 amide bonds. The van der Waals surface area contributed by atoms with Gasteiger partial charge >= 0.3 is 0 Å².